The highest BCUT2D eigenvalue weighted by Gasteiger charge is 2.17. The van der Waals surface area contributed by atoms with Crippen LogP contribution < -0.4 is 5.32 Å². The summed E-state index contributed by atoms with van der Waals surface area (Å²) in [6, 6.07) is 10.2. The van der Waals surface area contributed by atoms with Crippen molar-refractivity contribution in [2.24, 2.45) is 0 Å². The van der Waals surface area contributed by atoms with Crippen molar-refractivity contribution in [3.63, 3.8) is 0 Å². The topological polar surface area (TPSA) is 12.0 Å². The summed E-state index contributed by atoms with van der Waals surface area (Å²) in [7, 11) is 0. The monoisotopic (exact) mass is 345 g/mol. The zero-order valence-electron chi connectivity index (χ0n) is 11.5. The van der Waals surface area contributed by atoms with Crippen molar-refractivity contribution in [1.29, 1.82) is 0 Å². The van der Waals surface area contributed by atoms with Crippen LogP contribution in [0.5, 0.6) is 0 Å². The summed E-state index contributed by atoms with van der Waals surface area (Å²) in [6.07, 6.45) is 0.460. The van der Waals surface area contributed by atoms with Crippen LogP contribution in [-0.2, 0) is 6.42 Å². The predicted octanol–water partition coefficient (Wildman–Crippen LogP) is 5.68. The summed E-state index contributed by atoms with van der Waals surface area (Å²) < 4.78 is 14.1. The minimum absolute atomic E-state index is 0.104. The third kappa shape index (κ3) is 4.10. The molecular formula is C16H15Cl3FN. The molecule has 2 rings (SSSR count). The Morgan fingerprint density at radius 2 is 1.86 bits per heavy atom. The van der Waals surface area contributed by atoms with Crippen LogP contribution >= 0.6 is 34.8 Å². The van der Waals surface area contributed by atoms with Gasteiger partial charge in [-0.2, -0.15) is 0 Å². The van der Waals surface area contributed by atoms with E-state index in [0.29, 0.717) is 22.0 Å². The molecule has 0 amide bonds. The number of nitrogens with one attached hydrogen (secondary N) is 1. The normalized spacial score (nSPS) is 12.4. The summed E-state index contributed by atoms with van der Waals surface area (Å²) in [5.41, 5.74) is 1.45. The molecule has 5 heteroatoms. The fourth-order valence-corrected chi connectivity index (χ4v) is 2.98. The maximum Gasteiger partial charge on any atom is 0.145 e. The van der Waals surface area contributed by atoms with Crippen LogP contribution in [0, 0.1) is 5.82 Å². The van der Waals surface area contributed by atoms with Gasteiger partial charge in [0.05, 0.1) is 5.02 Å². The van der Waals surface area contributed by atoms with Gasteiger partial charge in [0.25, 0.3) is 0 Å². The third-order valence-corrected chi connectivity index (χ3v) is 4.10. The second-order valence-corrected chi connectivity index (χ2v) is 5.94. The first-order valence-electron chi connectivity index (χ1n) is 6.64. The number of halogens is 4. The lowest BCUT2D eigenvalue weighted by Gasteiger charge is -2.20. The molecule has 0 aliphatic carbocycles. The standard InChI is InChI=1S/C16H15Cl3FN/c1-2-21-15(12-7-6-11(17)9-14(12)19)8-10-4-3-5-13(18)16(10)20/h3-7,9,15,21H,2,8H2,1H3. The molecule has 21 heavy (non-hydrogen) atoms. The SMILES string of the molecule is CCNC(Cc1cccc(Cl)c1F)c1ccc(Cl)cc1Cl. The molecule has 0 radical (unpaired) electrons. The van der Waals surface area contributed by atoms with Gasteiger partial charge in [-0.05, 0) is 42.3 Å². The van der Waals surface area contributed by atoms with Gasteiger partial charge in [-0.25, -0.2) is 4.39 Å². The second-order valence-electron chi connectivity index (χ2n) is 4.69. The Hall–Kier alpha value is -0.800. The van der Waals surface area contributed by atoms with Gasteiger partial charge >= 0.3 is 0 Å². The molecule has 1 atom stereocenters. The molecule has 1 unspecified atom stereocenters. The minimum atomic E-state index is -0.382. The van der Waals surface area contributed by atoms with Gasteiger partial charge in [0, 0.05) is 16.1 Å². The zero-order valence-corrected chi connectivity index (χ0v) is 13.7. The van der Waals surface area contributed by atoms with Gasteiger partial charge in [-0.3, -0.25) is 0 Å². The van der Waals surface area contributed by atoms with E-state index in [1.54, 1.807) is 24.3 Å². The second kappa shape index (κ2) is 7.46. The molecule has 0 heterocycles. The molecule has 112 valence electrons. The quantitative estimate of drug-likeness (QED) is 0.734. The highest BCUT2D eigenvalue weighted by Crippen LogP contribution is 2.30. The van der Waals surface area contributed by atoms with E-state index < -0.39 is 0 Å². The molecule has 0 bridgehead atoms. The Morgan fingerprint density at radius 1 is 1.10 bits per heavy atom. The molecule has 0 aliphatic rings. The molecule has 0 spiro atoms. The largest absolute Gasteiger partial charge is 0.310 e. The van der Waals surface area contributed by atoms with E-state index in [2.05, 4.69) is 5.32 Å². The van der Waals surface area contributed by atoms with Gasteiger partial charge in [-0.15, -0.1) is 0 Å². The van der Waals surface area contributed by atoms with Gasteiger partial charge < -0.3 is 5.32 Å². The highest BCUT2D eigenvalue weighted by atomic mass is 35.5. The van der Waals surface area contributed by atoms with Crippen molar-refractivity contribution >= 4 is 34.8 Å². The zero-order chi connectivity index (χ0) is 15.4. The lowest BCUT2D eigenvalue weighted by Crippen LogP contribution is -2.23. The van der Waals surface area contributed by atoms with Crippen LogP contribution in [-0.4, -0.2) is 6.54 Å². The molecule has 0 fully saturated rings. The fraction of sp³-hybridized carbons (Fsp3) is 0.250. The van der Waals surface area contributed by atoms with E-state index >= 15 is 0 Å². The first-order chi connectivity index (χ1) is 10.0. The van der Waals surface area contributed by atoms with E-state index in [9.17, 15) is 4.39 Å². The summed E-state index contributed by atoms with van der Waals surface area (Å²) in [5, 5.41) is 4.59. The number of hydrogen-bond donors (Lipinski definition) is 1. The maximum absolute atomic E-state index is 14.1. The maximum atomic E-state index is 14.1. The molecule has 2 aromatic rings. The number of benzene rings is 2. The Kier molecular flexibility index (Phi) is 5.88. The molecule has 0 aromatic heterocycles. The van der Waals surface area contributed by atoms with Crippen LogP contribution in [0.4, 0.5) is 4.39 Å². The van der Waals surface area contributed by atoms with Crippen LogP contribution in [0.1, 0.15) is 24.1 Å². The fourth-order valence-electron chi connectivity index (χ4n) is 2.25. The predicted molar refractivity (Wildman–Crippen MR) is 88.0 cm³/mol. The molecule has 2 aromatic carbocycles. The summed E-state index contributed by atoms with van der Waals surface area (Å²) in [6.45, 7) is 2.73. The van der Waals surface area contributed by atoms with Crippen molar-refractivity contribution in [3.8, 4) is 0 Å². The molecular weight excluding hydrogens is 332 g/mol. The van der Waals surface area contributed by atoms with Gasteiger partial charge in [0.15, 0.2) is 0 Å². The van der Waals surface area contributed by atoms with Crippen molar-refractivity contribution in [2.75, 3.05) is 6.54 Å². The van der Waals surface area contributed by atoms with Crippen LogP contribution in [0.3, 0.4) is 0 Å². The van der Waals surface area contributed by atoms with Crippen LogP contribution in [0.25, 0.3) is 0 Å². The first kappa shape index (κ1) is 16.6. The van der Waals surface area contributed by atoms with Gasteiger partial charge in [0.1, 0.15) is 5.82 Å². The summed E-state index contributed by atoms with van der Waals surface area (Å²) in [5.74, 6) is -0.382. The Morgan fingerprint density at radius 3 is 2.52 bits per heavy atom. The smallest absolute Gasteiger partial charge is 0.145 e. The summed E-state index contributed by atoms with van der Waals surface area (Å²) in [4.78, 5) is 0. The number of likely N-dealkylation sites (N-methyl/N-ethyl adjacent to an activating group) is 1. The van der Waals surface area contributed by atoms with E-state index in [4.69, 9.17) is 34.8 Å². The van der Waals surface area contributed by atoms with E-state index in [0.717, 1.165) is 12.1 Å². The van der Waals surface area contributed by atoms with Crippen LogP contribution in [0.2, 0.25) is 15.1 Å². The van der Waals surface area contributed by atoms with Crippen LogP contribution in [0.15, 0.2) is 36.4 Å². The van der Waals surface area contributed by atoms with E-state index in [1.807, 2.05) is 13.0 Å². The first-order valence-corrected chi connectivity index (χ1v) is 7.77. The van der Waals surface area contributed by atoms with Gasteiger partial charge in [0.2, 0.25) is 0 Å². The molecule has 1 N–H and O–H groups in total. The Labute approximate surface area is 139 Å². The lowest BCUT2D eigenvalue weighted by molar-refractivity contribution is 0.528. The number of hydrogen-bond acceptors (Lipinski definition) is 1. The van der Waals surface area contributed by atoms with Crippen molar-refractivity contribution in [2.45, 2.75) is 19.4 Å². The molecule has 0 aliphatic heterocycles. The minimum Gasteiger partial charge on any atom is -0.310 e. The third-order valence-electron chi connectivity index (χ3n) is 3.24. The Bertz CT molecular complexity index is 631. The lowest BCUT2D eigenvalue weighted by atomic mass is 9.98. The molecule has 0 saturated carbocycles. The van der Waals surface area contributed by atoms with E-state index in [1.165, 1.54) is 6.07 Å². The number of rotatable bonds is 5. The summed E-state index contributed by atoms with van der Waals surface area (Å²) >= 11 is 18.0. The van der Waals surface area contributed by atoms with E-state index in [-0.39, 0.29) is 16.9 Å². The highest BCUT2D eigenvalue weighted by molar-refractivity contribution is 6.35. The Balaban J connectivity index is 2.33. The van der Waals surface area contributed by atoms with Crippen molar-refractivity contribution < 1.29 is 4.39 Å². The molecule has 0 saturated heterocycles. The van der Waals surface area contributed by atoms with Crippen molar-refractivity contribution in [3.05, 3.63) is 68.4 Å². The van der Waals surface area contributed by atoms with Crippen molar-refractivity contribution in [1.82, 2.24) is 5.32 Å². The van der Waals surface area contributed by atoms with Gasteiger partial charge in [-0.1, -0.05) is 59.9 Å². The average molecular weight is 347 g/mol. The average Bonchev–Trinajstić information content (AvgIpc) is 2.43. The molecule has 1 nitrogen and oxygen atoms in total.